The van der Waals surface area contributed by atoms with E-state index < -0.39 is 0 Å². The minimum atomic E-state index is -0.0992. The van der Waals surface area contributed by atoms with Crippen LogP contribution in [0.25, 0.3) is 0 Å². The Balaban J connectivity index is 1.93. The number of nitrogens with zero attached hydrogens (tertiary/aromatic N) is 1. The zero-order valence-corrected chi connectivity index (χ0v) is 13.5. The lowest BCUT2D eigenvalue weighted by Crippen LogP contribution is -2.37. The molecule has 1 saturated carbocycles. The van der Waals surface area contributed by atoms with Crippen molar-refractivity contribution in [1.29, 1.82) is 0 Å². The fourth-order valence-electron chi connectivity index (χ4n) is 3.02. The average molecular weight is 310 g/mol. The van der Waals surface area contributed by atoms with E-state index in [0.29, 0.717) is 16.4 Å². The van der Waals surface area contributed by atoms with E-state index in [1.165, 1.54) is 31.9 Å². The van der Waals surface area contributed by atoms with Crippen LogP contribution in [0.4, 0.5) is 5.82 Å². The van der Waals surface area contributed by atoms with Crippen LogP contribution < -0.4 is 10.6 Å². The molecule has 1 amide bonds. The zero-order chi connectivity index (χ0) is 15.2. The fraction of sp³-hybridized carbons (Fsp3) is 0.625. The van der Waals surface area contributed by atoms with E-state index in [1.807, 2.05) is 0 Å². The molecule has 0 bridgehead atoms. The minimum Gasteiger partial charge on any atom is -0.373 e. The van der Waals surface area contributed by atoms with Crippen LogP contribution in [-0.2, 0) is 0 Å². The van der Waals surface area contributed by atoms with E-state index in [0.717, 1.165) is 18.8 Å². The van der Waals surface area contributed by atoms with Gasteiger partial charge in [-0.05, 0) is 37.7 Å². The van der Waals surface area contributed by atoms with Crippen molar-refractivity contribution >= 4 is 23.3 Å². The average Bonchev–Trinajstić information content (AvgIpc) is 2.50. The van der Waals surface area contributed by atoms with Crippen molar-refractivity contribution < 1.29 is 4.79 Å². The molecule has 0 saturated heterocycles. The third-order valence-electron chi connectivity index (χ3n) is 4.23. The molecule has 1 fully saturated rings. The van der Waals surface area contributed by atoms with Crippen molar-refractivity contribution in [2.45, 2.75) is 51.5 Å². The van der Waals surface area contributed by atoms with Gasteiger partial charge in [-0.1, -0.05) is 31.4 Å². The molecule has 1 aliphatic carbocycles. The van der Waals surface area contributed by atoms with Crippen molar-refractivity contribution in [2.24, 2.45) is 5.92 Å². The lowest BCUT2D eigenvalue weighted by Gasteiger charge is -2.29. The maximum atomic E-state index is 12.4. The summed E-state index contributed by atoms with van der Waals surface area (Å²) in [5.74, 6) is 1.39. The van der Waals surface area contributed by atoms with E-state index in [4.69, 9.17) is 11.6 Å². The predicted molar refractivity (Wildman–Crippen MR) is 86.9 cm³/mol. The third kappa shape index (κ3) is 4.34. The van der Waals surface area contributed by atoms with Gasteiger partial charge < -0.3 is 10.6 Å². The number of hydrogen-bond donors (Lipinski definition) is 2. The number of carbonyl (C=O) groups is 1. The van der Waals surface area contributed by atoms with Gasteiger partial charge in [0.2, 0.25) is 0 Å². The van der Waals surface area contributed by atoms with Gasteiger partial charge in [-0.2, -0.15) is 0 Å². The van der Waals surface area contributed by atoms with Gasteiger partial charge in [0.1, 0.15) is 5.82 Å². The number of hydrogen-bond acceptors (Lipinski definition) is 3. The smallest absolute Gasteiger partial charge is 0.253 e. The van der Waals surface area contributed by atoms with Crippen molar-refractivity contribution in [3.05, 3.63) is 22.8 Å². The quantitative estimate of drug-likeness (QED) is 0.868. The van der Waals surface area contributed by atoms with Gasteiger partial charge in [-0.25, -0.2) is 4.98 Å². The van der Waals surface area contributed by atoms with Crippen LogP contribution in [0.15, 0.2) is 12.3 Å². The van der Waals surface area contributed by atoms with Gasteiger partial charge in [-0.3, -0.25) is 4.79 Å². The summed E-state index contributed by atoms with van der Waals surface area (Å²) in [5.41, 5.74) is 0.492. The van der Waals surface area contributed by atoms with E-state index in [1.54, 1.807) is 13.1 Å². The van der Waals surface area contributed by atoms with Crippen LogP contribution in [0.3, 0.4) is 0 Å². The summed E-state index contributed by atoms with van der Waals surface area (Å²) < 4.78 is 0. The number of anilines is 1. The normalized spacial score (nSPS) is 21.9. The van der Waals surface area contributed by atoms with Crippen molar-refractivity contribution in [1.82, 2.24) is 10.3 Å². The number of amides is 1. The Labute approximate surface area is 131 Å². The molecule has 0 unspecified atom stereocenters. The minimum absolute atomic E-state index is 0.0992. The van der Waals surface area contributed by atoms with Crippen molar-refractivity contribution in [3.63, 3.8) is 0 Å². The van der Waals surface area contributed by atoms with Gasteiger partial charge in [0, 0.05) is 19.3 Å². The van der Waals surface area contributed by atoms with E-state index in [-0.39, 0.29) is 11.9 Å². The molecule has 0 atom stereocenters. The number of halogens is 1. The molecular formula is C16H24ClN3O. The first kappa shape index (κ1) is 16.1. The highest BCUT2D eigenvalue weighted by Gasteiger charge is 2.23. The number of aromatic nitrogens is 1. The van der Waals surface area contributed by atoms with Gasteiger partial charge in [0.25, 0.3) is 5.91 Å². The third-order valence-corrected chi connectivity index (χ3v) is 4.54. The monoisotopic (exact) mass is 309 g/mol. The van der Waals surface area contributed by atoms with Crippen molar-refractivity contribution in [2.75, 3.05) is 12.4 Å². The molecule has 1 aliphatic rings. The number of rotatable bonds is 5. The van der Waals surface area contributed by atoms with Gasteiger partial charge in [0.15, 0.2) is 0 Å². The summed E-state index contributed by atoms with van der Waals surface area (Å²) in [6.07, 6.45) is 8.63. The number of nitrogens with one attached hydrogen (secondary N) is 2. The molecule has 5 heteroatoms. The SMILES string of the molecule is CCCC1CCC(NC(=O)c2cc(NC)ncc2Cl)CC1. The second-order valence-electron chi connectivity index (χ2n) is 5.78. The fourth-order valence-corrected chi connectivity index (χ4v) is 3.21. The predicted octanol–water partition coefficient (Wildman–Crippen LogP) is 3.87. The molecule has 0 spiro atoms. The molecule has 2 N–H and O–H groups in total. The lowest BCUT2D eigenvalue weighted by molar-refractivity contribution is 0.0921. The number of pyridine rings is 1. The maximum Gasteiger partial charge on any atom is 0.253 e. The molecule has 1 heterocycles. The lowest BCUT2D eigenvalue weighted by atomic mass is 9.83. The first-order valence-electron chi connectivity index (χ1n) is 7.78. The molecule has 1 aromatic rings. The molecule has 21 heavy (non-hydrogen) atoms. The van der Waals surface area contributed by atoms with Crippen LogP contribution in [0.1, 0.15) is 55.8 Å². The van der Waals surface area contributed by atoms with E-state index in [9.17, 15) is 4.79 Å². The molecule has 0 radical (unpaired) electrons. The van der Waals surface area contributed by atoms with Crippen LogP contribution in [0, 0.1) is 5.92 Å². The van der Waals surface area contributed by atoms with Gasteiger partial charge >= 0.3 is 0 Å². The summed E-state index contributed by atoms with van der Waals surface area (Å²) in [6.45, 7) is 2.23. The Bertz CT molecular complexity index is 484. The van der Waals surface area contributed by atoms with E-state index >= 15 is 0 Å². The topological polar surface area (TPSA) is 54.0 Å². The van der Waals surface area contributed by atoms with Crippen LogP contribution in [0.5, 0.6) is 0 Å². The summed E-state index contributed by atoms with van der Waals surface area (Å²) >= 11 is 6.08. The Morgan fingerprint density at radius 3 is 2.71 bits per heavy atom. The number of carbonyl (C=O) groups excluding carboxylic acids is 1. The van der Waals surface area contributed by atoms with Crippen LogP contribution in [0.2, 0.25) is 5.02 Å². The summed E-state index contributed by atoms with van der Waals surface area (Å²) in [6, 6.07) is 1.97. The maximum absolute atomic E-state index is 12.4. The molecule has 116 valence electrons. The summed E-state index contributed by atoms with van der Waals surface area (Å²) in [7, 11) is 1.77. The first-order chi connectivity index (χ1) is 10.1. The highest BCUT2D eigenvalue weighted by molar-refractivity contribution is 6.33. The second-order valence-corrected chi connectivity index (χ2v) is 6.19. The molecule has 1 aromatic heterocycles. The highest BCUT2D eigenvalue weighted by Crippen LogP contribution is 2.28. The zero-order valence-electron chi connectivity index (χ0n) is 12.8. The molecule has 4 nitrogen and oxygen atoms in total. The Hall–Kier alpha value is -1.29. The first-order valence-corrected chi connectivity index (χ1v) is 8.16. The summed E-state index contributed by atoms with van der Waals surface area (Å²) in [5, 5.41) is 6.43. The van der Waals surface area contributed by atoms with Crippen molar-refractivity contribution in [3.8, 4) is 0 Å². The Morgan fingerprint density at radius 2 is 2.10 bits per heavy atom. The highest BCUT2D eigenvalue weighted by atomic mass is 35.5. The molecule has 0 aromatic carbocycles. The van der Waals surface area contributed by atoms with E-state index in [2.05, 4.69) is 22.5 Å². The Morgan fingerprint density at radius 1 is 1.38 bits per heavy atom. The largest absolute Gasteiger partial charge is 0.373 e. The standard InChI is InChI=1S/C16H24ClN3O/c1-3-4-11-5-7-12(8-6-11)20-16(21)13-9-15(18-2)19-10-14(13)17/h9-12H,3-8H2,1-2H3,(H,18,19)(H,20,21). The molecule has 2 rings (SSSR count). The van der Waals surface area contributed by atoms with Crippen LogP contribution >= 0.6 is 11.6 Å². The molecule has 0 aliphatic heterocycles. The van der Waals surface area contributed by atoms with Gasteiger partial charge in [0.05, 0.1) is 10.6 Å². The summed E-state index contributed by atoms with van der Waals surface area (Å²) in [4.78, 5) is 16.5. The molecular weight excluding hydrogens is 286 g/mol. The van der Waals surface area contributed by atoms with Crippen LogP contribution in [-0.4, -0.2) is 24.0 Å². The van der Waals surface area contributed by atoms with Gasteiger partial charge in [-0.15, -0.1) is 0 Å². The second kappa shape index (κ2) is 7.64. The Kier molecular flexibility index (Phi) is 5.85.